The van der Waals surface area contributed by atoms with E-state index >= 15 is 0 Å². The van der Waals surface area contributed by atoms with Crippen LogP contribution in [-0.2, 0) is 4.79 Å². The van der Waals surface area contributed by atoms with E-state index in [-0.39, 0.29) is 6.54 Å². The van der Waals surface area contributed by atoms with Gasteiger partial charge in [0.15, 0.2) is 0 Å². The van der Waals surface area contributed by atoms with Crippen molar-refractivity contribution in [3.8, 4) is 0 Å². The van der Waals surface area contributed by atoms with Crippen molar-refractivity contribution in [2.45, 2.75) is 20.3 Å². The lowest BCUT2D eigenvalue weighted by Gasteiger charge is -2.14. The first-order chi connectivity index (χ1) is 7.11. The highest BCUT2D eigenvalue weighted by Crippen LogP contribution is 1.95. The Labute approximate surface area is 90.6 Å². The molecule has 0 saturated heterocycles. The Morgan fingerprint density at radius 3 is 2.60 bits per heavy atom. The van der Waals surface area contributed by atoms with E-state index in [9.17, 15) is 4.79 Å². The monoisotopic (exact) mass is 210 g/mol. The first kappa shape index (κ1) is 13.4. The molecule has 0 bridgehead atoms. The summed E-state index contributed by atoms with van der Waals surface area (Å²) in [6.07, 6.45) is 8.27. The highest BCUT2D eigenvalue weighted by molar-refractivity contribution is 5.84. The van der Waals surface area contributed by atoms with Gasteiger partial charge in [-0.1, -0.05) is 19.1 Å². The number of rotatable bonds is 5. The Morgan fingerprint density at radius 2 is 2.13 bits per heavy atom. The quantitative estimate of drug-likeness (QED) is 0.428. The lowest BCUT2D eigenvalue weighted by Crippen LogP contribution is -2.21. The predicted octanol–water partition coefficient (Wildman–Crippen LogP) is 1.90. The molecule has 84 valence electrons. The van der Waals surface area contributed by atoms with Crippen molar-refractivity contribution >= 4 is 11.8 Å². The van der Waals surface area contributed by atoms with Crippen molar-refractivity contribution in [3.63, 3.8) is 0 Å². The van der Waals surface area contributed by atoms with Gasteiger partial charge in [0.1, 0.15) is 12.4 Å². The lowest BCUT2D eigenvalue weighted by atomic mass is 10.4. The number of hydrogen-bond donors (Lipinski definition) is 1. The molecule has 4 nitrogen and oxygen atoms in total. The molecule has 0 fully saturated rings. The van der Waals surface area contributed by atoms with Crippen LogP contribution in [0, 0.1) is 0 Å². The molecule has 0 saturated carbocycles. The van der Waals surface area contributed by atoms with E-state index in [4.69, 9.17) is 5.11 Å². The zero-order valence-corrected chi connectivity index (χ0v) is 9.47. The maximum absolute atomic E-state index is 10.3. The van der Waals surface area contributed by atoms with E-state index in [0.29, 0.717) is 6.42 Å². The molecule has 0 unspecified atom stereocenters. The van der Waals surface area contributed by atoms with Crippen LogP contribution >= 0.6 is 0 Å². The summed E-state index contributed by atoms with van der Waals surface area (Å²) in [5, 5.41) is 8.50. The third kappa shape index (κ3) is 6.49. The van der Waals surface area contributed by atoms with Gasteiger partial charge in [-0.2, -0.15) is 0 Å². The SMILES string of the molecule is C/C=C\C=C\N(C)/C(CC)=N\CC(=O)O. The van der Waals surface area contributed by atoms with Gasteiger partial charge in [0.05, 0.1) is 0 Å². The molecular weight excluding hydrogens is 192 g/mol. The number of carboxylic acid groups (broad SMARTS) is 1. The van der Waals surface area contributed by atoms with Crippen LogP contribution in [0.3, 0.4) is 0 Å². The van der Waals surface area contributed by atoms with Gasteiger partial charge >= 0.3 is 5.97 Å². The van der Waals surface area contributed by atoms with E-state index in [1.165, 1.54) is 0 Å². The normalized spacial score (nSPS) is 12.6. The summed E-state index contributed by atoms with van der Waals surface area (Å²) in [5.41, 5.74) is 0. The number of aliphatic imine (C=N–C) groups is 1. The summed E-state index contributed by atoms with van der Waals surface area (Å²) in [6, 6.07) is 0. The topological polar surface area (TPSA) is 52.9 Å². The molecular formula is C11H18N2O2. The fourth-order valence-corrected chi connectivity index (χ4v) is 1.01. The molecule has 0 aromatic rings. The Morgan fingerprint density at radius 1 is 1.47 bits per heavy atom. The van der Waals surface area contributed by atoms with E-state index in [0.717, 1.165) is 5.84 Å². The number of nitrogens with zero attached hydrogens (tertiary/aromatic N) is 2. The van der Waals surface area contributed by atoms with E-state index in [1.807, 2.05) is 50.2 Å². The van der Waals surface area contributed by atoms with Crippen LogP contribution in [0.25, 0.3) is 0 Å². The number of carbonyl (C=O) groups is 1. The fraction of sp³-hybridized carbons (Fsp3) is 0.455. The van der Waals surface area contributed by atoms with Crippen molar-refractivity contribution < 1.29 is 9.90 Å². The fourth-order valence-electron chi connectivity index (χ4n) is 1.01. The van der Waals surface area contributed by atoms with Crippen LogP contribution in [0.4, 0.5) is 0 Å². The third-order valence-corrected chi connectivity index (χ3v) is 1.73. The molecule has 0 heterocycles. The first-order valence-electron chi connectivity index (χ1n) is 4.89. The van der Waals surface area contributed by atoms with Gasteiger partial charge < -0.3 is 10.0 Å². The van der Waals surface area contributed by atoms with Crippen LogP contribution in [0.5, 0.6) is 0 Å². The van der Waals surface area contributed by atoms with Crippen molar-refractivity contribution in [1.29, 1.82) is 0 Å². The number of carboxylic acids is 1. The molecule has 0 aliphatic carbocycles. The molecule has 0 aliphatic rings. The van der Waals surface area contributed by atoms with Crippen molar-refractivity contribution in [2.75, 3.05) is 13.6 Å². The average molecular weight is 210 g/mol. The molecule has 0 atom stereocenters. The molecule has 1 N–H and O–H groups in total. The van der Waals surface area contributed by atoms with Crippen LogP contribution in [0.2, 0.25) is 0 Å². The lowest BCUT2D eigenvalue weighted by molar-refractivity contribution is -0.135. The van der Waals surface area contributed by atoms with Gasteiger partial charge in [-0.25, -0.2) is 0 Å². The standard InChI is InChI=1S/C11H18N2O2/c1-4-6-7-8-13(3)10(5-2)12-9-11(14)15/h4,6-8H,5,9H2,1-3H3,(H,14,15)/b6-4-,8-7+,12-10-. The molecule has 0 rings (SSSR count). The van der Waals surface area contributed by atoms with Gasteiger partial charge in [0, 0.05) is 19.7 Å². The summed E-state index contributed by atoms with van der Waals surface area (Å²) in [5.74, 6) is -0.148. The van der Waals surface area contributed by atoms with Gasteiger partial charge in [-0.3, -0.25) is 9.79 Å². The number of aliphatic carboxylic acids is 1. The Kier molecular flexibility index (Phi) is 6.97. The zero-order chi connectivity index (χ0) is 11.7. The Bertz CT molecular complexity index is 280. The van der Waals surface area contributed by atoms with E-state index in [2.05, 4.69) is 4.99 Å². The highest BCUT2D eigenvalue weighted by atomic mass is 16.4. The van der Waals surface area contributed by atoms with E-state index in [1.54, 1.807) is 0 Å². The molecule has 0 spiro atoms. The minimum absolute atomic E-state index is 0.176. The molecule has 15 heavy (non-hydrogen) atoms. The maximum Gasteiger partial charge on any atom is 0.325 e. The third-order valence-electron chi connectivity index (χ3n) is 1.73. The Balaban J connectivity index is 4.39. The van der Waals surface area contributed by atoms with Crippen molar-refractivity contribution in [2.24, 2.45) is 4.99 Å². The first-order valence-corrected chi connectivity index (χ1v) is 4.89. The van der Waals surface area contributed by atoms with Crippen LogP contribution in [-0.4, -0.2) is 35.4 Å². The molecule has 0 aromatic heterocycles. The van der Waals surface area contributed by atoms with Gasteiger partial charge in [-0.15, -0.1) is 0 Å². The molecule has 0 aromatic carbocycles. The Hall–Kier alpha value is -1.58. The van der Waals surface area contributed by atoms with Crippen LogP contribution in [0.15, 0.2) is 29.4 Å². The van der Waals surface area contributed by atoms with Crippen molar-refractivity contribution in [1.82, 2.24) is 4.90 Å². The largest absolute Gasteiger partial charge is 0.480 e. The second-order valence-corrected chi connectivity index (χ2v) is 2.96. The second-order valence-electron chi connectivity index (χ2n) is 2.96. The van der Waals surface area contributed by atoms with Gasteiger partial charge in [0.2, 0.25) is 0 Å². The summed E-state index contributed by atoms with van der Waals surface area (Å²) in [4.78, 5) is 16.2. The average Bonchev–Trinajstić information content (AvgIpc) is 2.18. The smallest absolute Gasteiger partial charge is 0.325 e. The minimum Gasteiger partial charge on any atom is -0.480 e. The maximum atomic E-state index is 10.3. The predicted molar refractivity (Wildman–Crippen MR) is 61.9 cm³/mol. The number of amidine groups is 1. The van der Waals surface area contributed by atoms with E-state index < -0.39 is 5.97 Å². The molecule has 0 amide bonds. The van der Waals surface area contributed by atoms with Crippen LogP contribution in [0.1, 0.15) is 20.3 Å². The number of hydrogen-bond acceptors (Lipinski definition) is 2. The number of allylic oxidation sites excluding steroid dienone is 3. The highest BCUT2D eigenvalue weighted by Gasteiger charge is 2.01. The summed E-state index contributed by atoms with van der Waals surface area (Å²) < 4.78 is 0. The summed E-state index contributed by atoms with van der Waals surface area (Å²) >= 11 is 0. The molecule has 4 heteroatoms. The summed E-state index contributed by atoms with van der Waals surface area (Å²) in [7, 11) is 1.85. The van der Waals surface area contributed by atoms with Gasteiger partial charge in [-0.05, 0) is 13.0 Å². The van der Waals surface area contributed by atoms with Gasteiger partial charge in [0.25, 0.3) is 0 Å². The van der Waals surface area contributed by atoms with Crippen LogP contribution < -0.4 is 0 Å². The zero-order valence-electron chi connectivity index (χ0n) is 9.47. The minimum atomic E-state index is -0.910. The molecule has 0 aliphatic heterocycles. The second kappa shape index (κ2) is 7.79. The molecule has 0 radical (unpaired) electrons. The van der Waals surface area contributed by atoms with Crippen molar-refractivity contribution in [3.05, 3.63) is 24.4 Å². The summed E-state index contributed by atoms with van der Waals surface area (Å²) in [6.45, 7) is 3.70.